The van der Waals surface area contributed by atoms with E-state index < -0.39 is 11.7 Å². The van der Waals surface area contributed by atoms with Crippen LogP contribution >= 0.6 is 0 Å². The van der Waals surface area contributed by atoms with Gasteiger partial charge in [0, 0.05) is 0 Å². The van der Waals surface area contributed by atoms with Gasteiger partial charge in [-0.2, -0.15) is 0 Å². The van der Waals surface area contributed by atoms with Gasteiger partial charge in [-0.1, -0.05) is 82.6 Å². The van der Waals surface area contributed by atoms with Gasteiger partial charge in [0.1, 0.15) is 0 Å². The lowest BCUT2D eigenvalue weighted by Gasteiger charge is -2.00. The highest BCUT2D eigenvalue weighted by atomic mass is 17.5. The zero-order valence-corrected chi connectivity index (χ0v) is 14.1. The van der Waals surface area contributed by atoms with E-state index in [2.05, 4.69) is 22.9 Å². The summed E-state index contributed by atoms with van der Waals surface area (Å²) < 4.78 is 0. The molecule has 0 aliphatic rings. The number of carboxylic acid groups (broad SMARTS) is 1. The molecule has 0 rings (SSSR count). The largest absolute Gasteiger partial charge is 0.475 e. The van der Waals surface area contributed by atoms with Gasteiger partial charge in [0.2, 0.25) is 0 Å². The van der Waals surface area contributed by atoms with Crippen molar-refractivity contribution >= 4 is 5.97 Å². The average molecular weight is 326 g/mol. The molecule has 2 N–H and O–H groups in total. The van der Waals surface area contributed by atoms with Crippen LogP contribution in [0.4, 0.5) is 0 Å². The summed E-state index contributed by atoms with van der Waals surface area (Å²) in [7, 11) is 0. The summed E-state index contributed by atoms with van der Waals surface area (Å²) in [6.07, 6.45) is 21.2. The molecule has 132 valence electrons. The Hall–Kier alpha value is -1.59. The first-order chi connectivity index (χ1) is 11.2. The third-order valence-corrected chi connectivity index (χ3v) is 3.42. The number of carbonyl (C=O) groups is 1. The Kier molecular flexibility index (Phi) is 15.6. The van der Waals surface area contributed by atoms with Crippen LogP contribution in [0.1, 0.15) is 71.1 Å². The zero-order chi connectivity index (χ0) is 17.2. The summed E-state index contributed by atoms with van der Waals surface area (Å²) in [5.41, 5.74) is 0. The number of hydrogen-bond acceptors (Lipinski definition) is 4. The van der Waals surface area contributed by atoms with Gasteiger partial charge in [-0.05, 0) is 24.0 Å². The molecule has 0 aliphatic carbocycles. The lowest BCUT2D eigenvalue weighted by atomic mass is 10.1. The fraction of sp³-hybridized carbons (Fsp3) is 0.611. The summed E-state index contributed by atoms with van der Waals surface area (Å²) in [5.74, 6) is -1.81. The van der Waals surface area contributed by atoms with E-state index in [0.717, 1.165) is 6.42 Å². The van der Waals surface area contributed by atoms with Crippen molar-refractivity contribution in [2.24, 2.45) is 0 Å². The second-order valence-corrected chi connectivity index (χ2v) is 5.42. The minimum absolute atomic E-state index is 0.490. The molecule has 0 saturated carbocycles. The molecule has 0 spiro atoms. The summed E-state index contributed by atoms with van der Waals surface area (Å²) in [6.45, 7) is 2.24. The maximum absolute atomic E-state index is 10.6. The van der Waals surface area contributed by atoms with Crippen molar-refractivity contribution in [2.75, 3.05) is 0 Å². The Bertz CT molecular complexity index is 372. The van der Waals surface area contributed by atoms with Crippen molar-refractivity contribution in [3.63, 3.8) is 0 Å². The number of rotatable bonds is 15. The van der Waals surface area contributed by atoms with Crippen molar-refractivity contribution in [3.8, 4) is 0 Å². The van der Waals surface area contributed by atoms with E-state index in [-0.39, 0.29) is 0 Å². The molecular formula is C18H30O5. The Morgan fingerprint density at radius 3 is 2.09 bits per heavy atom. The molecule has 0 bridgehead atoms. The predicted molar refractivity (Wildman–Crippen MR) is 90.6 cm³/mol. The van der Waals surface area contributed by atoms with E-state index in [0.29, 0.717) is 0 Å². The van der Waals surface area contributed by atoms with Gasteiger partial charge in [0.05, 0.1) is 0 Å². The van der Waals surface area contributed by atoms with Crippen molar-refractivity contribution in [2.45, 2.75) is 71.1 Å². The summed E-state index contributed by atoms with van der Waals surface area (Å²) in [5, 5.41) is 20.0. The molecule has 0 saturated heterocycles. The van der Waals surface area contributed by atoms with Gasteiger partial charge < -0.3 is 9.99 Å². The maximum atomic E-state index is 10.6. The predicted octanol–water partition coefficient (Wildman–Crippen LogP) is 5.41. The summed E-state index contributed by atoms with van der Waals surface area (Å²) in [4.78, 5) is 14.7. The van der Waals surface area contributed by atoms with Gasteiger partial charge in [-0.3, -0.25) is 0 Å². The first kappa shape index (κ1) is 21.4. The Morgan fingerprint density at radius 1 is 0.913 bits per heavy atom. The van der Waals surface area contributed by atoms with E-state index >= 15 is 0 Å². The highest BCUT2D eigenvalue weighted by Gasteiger charge is 2.07. The van der Waals surface area contributed by atoms with E-state index in [4.69, 9.17) is 10.4 Å². The first-order valence-electron chi connectivity index (χ1n) is 8.47. The molecule has 0 fully saturated rings. The number of unbranched alkanes of at least 4 members (excludes halogenated alkanes) is 9. The third-order valence-electron chi connectivity index (χ3n) is 3.42. The third kappa shape index (κ3) is 15.1. The van der Waals surface area contributed by atoms with Gasteiger partial charge >= 0.3 is 5.97 Å². The number of hydrogen-bond donors (Lipinski definition) is 2. The van der Waals surface area contributed by atoms with Gasteiger partial charge in [0.25, 0.3) is 5.76 Å². The van der Waals surface area contributed by atoms with Crippen LogP contribution in [0.25, 0.3) is 0 Å². The molecule has 0 atom stereocenters. The Balaban J connectivity index is 3.58. The second-order valence-electron chi connectivity index (χ2n) is 5.42. The number of carboxylic acids is 1. The van der Waals surface area contributed by atoms with Crippen LogP contribution in [-0.4, -0.2) is 16.3 Å². The number of allylic oxidation sites excluding steroid dienone is 5. The van der Waals surface area contributed by atoms with E-state index in [9.17, 15) is 4.79 Å². The van der Waals surface area contributed by atoms with Crippen LogP contribution in [-0.2, 0) is 14.7 Å². The molecule has 0 aromatic heterocycles. The van der Waals surface area contributed by atoms with Crippen molar-refractivity contribution in [3.05, 3.63) is 36.1 Å². The molecule has 5 heteroatoms. The molecule has 23 heavy (non-hydrogen) atoms. The van der Waals surface area contributed by atoms with Gasteiger partial charge in [0.15, 0.2) is 0 Å². The van der Waals surface area contributed by atoms with Crippen LogP contribution < -0.4 is 0 Å². The molecule has 5 nitrogen and oxygen atoms in total. The molecular weight excluding hydrogens is 296 g/mol. The van der Waals surface area contributed by atoms with Gasteiger partial charge in [-0.25, -0.2) is 10.1 Å². The quantitative estimate of drug-likeness (QED) is 0.105. The highest BCUT2D eigenvalue weighted by molar-refractivity contribution is 5.84. The van der Waals surface area contributed by atoms with Crippen LogP contribution in [0.15, 0.2) is 36.1 Å². The lowest BCUT2D eigenvalue weighted by Crippen LogP contribution is -2.03. The van der Waals surface area contributed by atoms with Crippen LogP contribution in [0.3, 0.4) is 0 Å². The standard InChI is InChI=1S/C18H30O5/c1-2-3-4-5-6-7-8-9-10-11-12-13-14-15-16-17(18(19)20)22-23-21/h12-16,21H,2-11H2,1H3,(H,19,20)/b13-12+,15-14+,17-16-. The smallest absolute Gasteiger partial charge is 0.375 e. The van der Waals surface area contributed by atoms with Crippen molar-refractivity contribution in [1.82, 2.24) is 0 Å². The highest BCUT2D eigenvalue weighted by Crippen LogP contribution is 2.10. The molecule has 0 aromatic rings. The average Bonchev–Trinajstić information content (AvgIpc) is 2.54. The zero-order valence-electron chi connectivity index (χ0n) is 14.1. The van der Waals surface area contributed by atoms with Crippen LogP contribution in [0.2, 0.25) is 0 Å². The molecule has 0 heterocycles. The van der Waals surface area contributed by atoms with E-state index in [1.807, 2.05) is 6.08 Å². The molecule has 0 radical (unpaired) electrons. The fourth-order valence-electron chi connectivity index (χ4n) is 2.13. The van der Waals surface area contributed by atoms with Crippen LogP contribution in [0.5, 0.6) is 0 Å². The lowest BCUT2D eigenvalue weighted by molar-refractivity contribution is -0.470. The molecule has 0 aromatic carbocycles. The van der Waals surface area contributed by atoms with Crippen molar-refractivity contribution < 1.29 is 25.1 Å². The van der Waals surface area contributed by atoms with E-state index in [1.165, 1.54) is 69.9 Å². The Morgan fingerprint density at radius 2 is 1.52 bits per heavy atom. The van der Waals surface area contributed by atoms with E-state index in [1.54, 1.807) is 6.08 Å². The summed E-state index contributed by atoms with van der Waals surface area (Å²) >= 11 is 0. The second kappa shape index (κ2) is 16.8. The molecule has 0 amide bonds. The molecule has 0 aliphatic heterocycles. The normalized spacial score (nSPS) is 12.3. The minimum Gasteiger partial charge on any atom is -0.475 e. The topological polar surface area (TPSA) is 76.0 Å². The molecule has 0 unspecified atom stereocenters. The van der Waals surface area contributed by atoms with Crippen molar-refractivity contribution in [1.29, 1.82) is 0 Å². The van der Waals surface area contributed by atoms with Crippen LogP contribution in [0, 0.1) is 0 Å². The monoisotopic (exact) mass is 326 g/mol. The fourth-order valence-corrected chi connectivity index (χ4v) is 2.13. The summed E-state index contributed by atoms with van der Waals surface area (Å²) in [6, 6.07) is 0. The minimum atomic E-state index is -1.32. The Labute approximate surface area is 139 Å². The SMILES string of the molecule is CCCCCCCCCCC/C=C/C=C/C=C(\OOO)C(=O)O. The number of aliphatic carboxylic acids is 1. The maximum Gasteiger partial charge on any atom is 0.375 e. The first-order valence-corrected chi connectivity index (χ1v) is 8.47. The van der Waals surface area contributed by atoms with Gasteiger partial charge in [-0.15, -0.1) is 0 Å².